The van der Waals surface area contributed by atoms with Gasteiger partial charge in [0.2, 0.25) is 0 Å². The van der Waals surface area contributed by atoms with Crippen molar-refractivity contribution in [1.82, 2.24) is 0 Å². The van der Waals surface area contributed by atoms with Gasteiger partial charge in [-0.05, 0) is 122 Å². The highest BCUT2D eigenvalue weighted by atomic mass is 15.2. The van der Waals surface area contributed by atoms with Crippen LogP contribution in [-0.2, 0) is 0 Å². The molecule has 3 heteroatoms. The van der Waals surface area contributed by atoms with Crippen molar-refractivity contribution in [2.24, 2.45) is 0 Å². The summed E-state index contributed by atoms with van der Waals surface area (Å²) in [6, 6.07) is 83.1. The lowest BCUT2D eigenvalue weighted by molar-refractivity contribution is 1.23. The molecule has 9 aromatic rings. The number of para-hydroxylation sites is 2. The first-order valence-corrected chi connectivity index (χ1v) is 20.6. The summed E-state index contributed by atoms with van der Waals surface area (Å²) in [4.78, 5) is 7.18. The van der Waals surface area contributed by atoms with Crippen molar-refractivity contribution in [1.29, 1.82) is 0 Å². The summed E-state index contributed by atoms with van der Waals surface area (Å²) in [5, 5.41) is 0. The first-order chi connectivity index (χ1) is 29.5. The summed E-state index contributed by atoms with van der Waals surface area (Å²) in [6.07, 6.45) is 0. The Bertz CT molecular complexity index is 2640. The molecule has 0 saturated carbocycles. The molecule has 0 unspecified atom stereocenters. The van der Waals surface area contributed by atoms with Crippen LogP contribution in [0.2, 0.25) is 0 Å². The summed E-state index contributed by atoms with van der Waals surface area (Å²) in [7, 11) is 0. The summed E-state index contributed by atoms with van der Waals surface area (Å²) in [6.45, 7) is 6.45. The van der Waals surface area contributed by atoms with Gasteiger partial charge in [0, 0.05) is 50.9 Å². The summed E-state index contributed by atoms with van der Waals surface area (Å²) in [5.41, 5.74) is 17.9. The molecule has 0 saturated heterocycles. The number of nitrogens with zero attached hydrogens (tertiary/aromatic N) is 3. The molecule has 0 aliphatic rings. The standard InChI is InChI=1S/C57H47N3/c1-42-27-31-49(32-28-42)59(47-22-12-6-13-23-47)56-40-52(35-37-54(56)45-18-8-4-9-19-45)58(51-26-16-17-44(3)39-51)53-36-38-55(46-20-10-5-11-21-46)57(41-53)60(48-24-14-7-15-25-48)50-33-29-43(2)30-34-50/h4-41H,1-3H3. The Morgan fingerprint density at radius 1 is 0.233 bits per heavy atom. The van der Waals surface area contributed by atoms with Crippen LogP contribution >= 0.6 is 0 Å². The minimum absolute atomic E-state index is 1.04. The van der Waals surface area contributed by atoms with Crippen LogP contribution in [0.1, 0.15) is 16.7 Å². The highest BCUT2D eigenvalue weighted by molar-refractivity contribution is 5.95. The van der Waals surface area contributed by atoms with Gasteiger partial charge in [-0.3, -0.25) is 0 Å². The van der Waals surface area contributed by atoms with Gasteiger partial charge in [-0.2, -0.15) is 0 Å². The minimum atomic E-state index is 1.04. The lowest BCUT2D eigenvalue weighted by atomic mass is 9.99. The maximum atomic E-state index is 2.40. The fraction of sp³-hybridized carbons (Fsp3) is 0.0526. The van der Waals surface area contributed by atoms with Gasteiger partial charge in [-0.15, -0.1) is 0 Å². The van der Waals surface area contributed by atoms with Gasteiger partial charge in [-0.25, -0.2) is 0 Å². The van der Waals surface area contributed by atoms with E-state index in [1.54, 1.807) is 0 Å². The predicted molar refractivity (Wildman–Crippen MR) is 256 cm³/mol. The van der Waals surface area contributed by atoms with Crippen molar-refractivity contribution >= 4 is 51.2 Å². The third-order valence-electron chi connectivity index (χ3n) is 11.0. The molecule has 9 aromatic carbocycles. The molecule has 0 radical (unpaired) electrons. The lowest BCUT2D eigenvalue weighted by Crippen LogP contribution is -2.16. The second kappa shape index (κ2) is 17.1. The quantitative estimate of drug-likeness (QED) is 0.130. The number of aryl methyl sites for hydroxylation is 3. The molecule has 0 bridgehead atoms. The summed E-state index contributed by atoms with van der Waals surface area (Å²) >= 11 is 0. The van der Waals surface area contributed by atoms with Crippen molar-refractivity contribution in [2.45, 2.75) is 20.8 Å². The third kappa shape index (κ3) is 7.94. The van der Waals surface area contributed by atoms with Gasteiger partial charge in [0.1, 0.15) is 0 Å². The number of benzene rings is 9. The van der Waals surface area contributed by atoms with E-state index in [0.717, 1.165) is 73.4 Å². The van der Waals surface area contributed by atoms with Gasteiger partial charge in [-0.1, -0.05) is 157 Å². The molecular formula is C57H47N3. The van der Waals surface area contributed by atoms with Crippen molar-refractivity contribution < 1.29 is 0 Å². The molecule has 0 heterocycles. The zero-order valence-corrected chi connectivity index (χ0v) is 34.3. The van der Waals surface area contributed by atoms with Crippen LogP contribution in [0.15, 0.2) is 231 Å². The average molecular weight is 774 g/mol. The largest absolute Gasteiger partial charge is 0.310 e. The van der Waals surface area contributed by atoms with Gasteiger partial charge in [0.15, 0.2) is 0 Å². The molecule has 0 aliphatic heterocycles. The van der Waals surface area contributed by atoms with Gasteiger partial charge < -0.3 is 14.7 Å². The topological polar surface area (TPSA) is 9.72 Å². The first-order valence-electron chi connectivity index (χ1n) is 20.6. The normalized spacial score (nSPS) is 10.9. The summed E-state index contributed by atoms with van der Waals surface area (Å²) < 4.78 is 0. The highest BCUT2D eigenvalue weighted by Gasteiger charge is 2.24. The summed E-state index contributed by atoms with van der Waals surface area (Å²) in [5.74, 6) is 0. The Morgan fingerprint density at radius 2 is 0.567 bits per heavy atom. The Morgan fingerprint density at radius 3 is 0.967 bits per heavy atom. The molecule has 0 atom stereocenters. The van der Waals surface area contributed by atoms with Gasteiger partial charge in [0.05, 0.1) is 11.4 Å². The SMILES string of the molecule is Cc1ccc(N(c2ccccc2)c2cc(N(c3cccc(C)c3)c3ccc(-c4ccccc4)c(N(c4ccccc4)c4ccc(C)cc4)c3)ccc2-c2ccccc2)cc1. The van der Waals surface area contributed by atoms with E-state index in [1.165, 1.54) is 16.7 Å². The van der Waals surface area contributed by atoms with Crippen molar-refractivity contribution in [3.8, 4) is 22.3 Å². The minimum Gasteiger partial charge on any atom is -0.310 e. The van der Waals surface area contributed by atoms with Gasteiger partial charge in [0.25, 0.3) is 0 Å². The van der Waals surface area contributed by atoms with Gasteiger partial charge >= 0.3 is 0 Å². The lowest BCUT2D eigenvalue weighted by Gasteiger charge is -2.33. The second-order valence-electron chi connectivity index (χ2n) is 15.3. The molecule has 0 aliphatic carbocycles. The predicted octanol–water partition coefficient (Wildman–Crippen LogP) is 16.4. The van der Waals surface area contributed by atoms with Crippen LogP contribution in [0.3, 0.4) is 0 Å². The second-order valence-corrected chi connectivity index (χ2v) is 15.3. The molecule has 0 aromatic heterocycles. The van der Waals surface area contributed by atoms with Crippen LogP contribution in [0.4, 0.5) is 51.2 Å². The van der Waals surface area contributed by atoms with E-state index in [1.807, 2.05) is 0 Å². The Labute approximate surface area is 354 Å². The Hall–Kier alpha value is -7.62. The zero-order valence-electron chi connectivity index (χ0n) is 34.3. The van der Waals surface area contributed by atoms with E-state index in [2.05, 4.69) is 266 Å². The number of anilines is 9. The molecule has 290 valence electrons. The maximum absolute atomic E-state index is 2.40. The van der Waals surface area contributed by atoms with E-state index in [9.17, 15) is 0 Å². The van der Waals surface area contributed by atoms with Crippen LogP contribution in [0.25, 0.3) is 22.3 Å². The van der Waals surface area contributed by atoms with Crippen LogP contribution in [0, 0.1) is 20.8 Å². The monoisotopic (exact) mass is 773 g/mol. The number of rotatable bonds is 11. The molecule has 0 amide bonds. The smallest absolute Gasteiger partial charge is 0.0560 e. The molecule has 9 rings (SSSR count). The molecule has 3 nitrogen and oxygen atoms in total. The average Bonchev–Trinajstić information content (AvgIpc) is 3.30. The van der Waals surface area contributed by atoms with Crippen LogP contribution < -0.4 is 14.7 Å². The molecule has 0 fully saturated rings. The Kier molecular flexibility index (Phi) is 10.8. The zero-order chi connectivity index (χ0) is 40.8. The molecule has 0 spiro atoms. The fourth-order valence-electron chi connectivity index (χ4n) is 8.02. The van der Waals surface area contributed by atoms with Crippen molar-refractivity contribution in [3.63, 3.8) is 0 Å². The fourth-order valence-corrected chi connectivity index (χ4v) is 8.02. The maximum Gasteiger partial charge on any atom is 0.0560 e. The Balaban J connectivity index is 1.31. The molecular weight excluding hydrogens is 727 g/mol. The van der Waals surface area contributed by atoms with E-state index in [-0.39, 0.29) is 0 Å². The third-order valence-corrected chi connectivity index (χ3v) is 11.0. The van der Waals surface area contributed by atoms with Crippen molar-refractivity contribution in [2.75, 3.05) is 14.7 Å². The van der Waals surface area contributed by atoms with Crippen molar-refractivity contribution in [3.05, 3.63) is 247 Å². The first kappa shape index (κ1) is 37.9. The molecule has 60 heavy (non-hydrogen) atoms. The van der Waals surface area contributed by atoms with E-state index < -0.39 is 0 Å². The van der Waals surface area contributed by atoms with Crippen LogP contribution in [0.5, 0.6) is 0 Å². The van der Waals surface area contributed by atoms with E-state index in [0.29, 0.717) is 0 Å². The van der Waals surface area contributed by atoms with Crippen LogP contribution in [-0.4, -0.2) is 0 Å². The highest BCUT2D eigenvalue weighted by Crippen LogP contribution is 2.48. The molecule has 0 N–H and O–H groups in total. The number of hydrogen-bond donors (Lipinski definition) is 0. The number of hydrogen-bond acceptors (Lipinski definition) is 3. The van der Waals surface area contributed by atoms with E-state index in [4.69, 9.17) is 0 Å². The van der Waals surface area contributed by atoms with E-state index >= 15 is 0 Å².